The summed E-state index contributed by atoms with van der Waals surface area (Å²) in [6.07, 6.45) is 1.95. The van der Waals surface area contributed by atoms with Crippen LogP contribution in [0.4, 0.5) is 0 Å². The fourth-order valence-corrected chi connectivity index (χ4v) is 4.04. The van der Waals surface area contributed by atoms with Gasteiger partial charge in [-0.2, -0.15) is 0 Å². The summed E-state index contributed by atoms with van der Waals surface area (Å²) in [5.74, 6) is 0.615. The molecular weight excluding hydrogens is 396 g/mol. The Balaban J connectivity index is 1.77. The van der Waals surface area contributed by atoms with Crippen LogP contribution in [0.25, 0.3) is 28.0 Å². The van der Waals surface area contributed by atoms with E-state index < -0.39 is 5.60 Å². The second kappa shape index (κ2) is 7.99. The summed E-state index contributed by atoms with van der Waals surface area (Å²) in [5.41, 5.74) is 3.56. The Kier molecular flexibility index (Phi) is 5.39. The number of hydrogen-bond donors (Lipinski definition) is 1. The van der Waals surface area contributed by atoms with Crippen LogP contribution < -0.4 is 0 Å². The highest BCUT2D eigenvalue weighted by Gasteiger charge is 2.22. The number of nitrogens with zero attached hydrogens (tertiary/aromatic N) is 3. The molecule has 2 aromatic carbocycles. The molecule has 0 bridgehead atoms. The van der Waals surface area contributed by atoms with E-state index in [9.17, 15) is 4.79 Å². The maximum atomic E-state index is 12.3. The third-order valence-corrected chi connectivity index (χ3v) is 5.46. The fourth-order valence-electron chi connectivity index (χ4n) is 3.32. The standard InChI is InChI=1S/C23H24N4O2S/c1-15-9-5-8-12-19(15)27-21(17-13-24-18-11-7-6-10-16(17)18)25-26-22(27)30-14-20(28)29-23(2,3)4/h5-13,24H,14H2,1-4H3. The van der Waals surface area contributed by atoms with Crippen molar-refractivity contribution in [3.63, 3.8) is 0 Å². The number of hydrogen-bond acceptors (Lipinski definition) is 5. The van der Waals surface area contributed by atoms with Crippen molar-refractivity contribution in [2.45, 2.75) is 38.5 Å². The minimum absolute atomic E-state index is 0.162. The molecule has 0 atom stereocenters. The van der Waals surface area contributed by atoms with Gasteiger partial charge in [0.1, 0.15) is 5.60 Å². The molecule has 0 amide bonds. The van der Waals surface area contributed by atoms with Gasteiger partial charge in [0, 0.05) is 22.7 Å². The first-order valence-corrected chi connectivity index (χ1v) is 10.7. The smallest absolute Gasteiger partial charge is 0.316 e. The second-order valence-electron chi connectivity index (χ2n) is 8.05. The van der Waals surface area contributed by atoms with Crippen LogP contribution in [0.2, 0.25) is 0 Å². The SMILES string of the molecule is Cc1ccccc1-n1c(SCC(=O)OC(C)(C)C)nnc1-c1c[nH]c2ccccc12. The number of fused-ring (bicyclic) bond motifs is 1. The monoisotopic (exact) mass is 420 g/mol. The molecule has 6 nitrogen and oxygen atoms in total. The number of H-pyrrole nitrogens is 1. The number of aromatic amines is 1. The van der Waals surface area contributed by atoms with E-state index in [0.29, 0.717) is 5.16 Å². The van der Waals surface area contributed by atoms with Gasteiger partial charge in [-0.25, -0.2) is 0 Å². The topological polar surface area (TPSA) is 72.8 Å². The lowest BCUT2D eigenvalue weighted by Gasteiger charge is -2.19. The fraction of sp³-hybridized carbons (Fsp3) is 0.261. The summed E-state index contributed by atoms with van der Waals surface area (Å²) in [5, 5.41) is 10.6. The van der Waals surface area contributed by atoms with Crippen molar-refractivity contribution in [1.82, 2.24) is 19.7 Å². The van der Waals surface area contributed by atoms with E-state index in [0.717, 1.165) is 33.5 Å². The highest BCUT2D eigenvalue weighted by molar-refractivity contribution is 7.99. The molecule has 0 aliphatic carbocycles. The molecule has 0 spiro atoms. The molecule has 4 rings (SSSR count). The second-order valence-corrected chi connectivity index (χ2v) is 8.99. The van der Waals surface area contributed by atoms with Crippen molar-refractivity contribution in [2.75, 3.05) is 5.75 Å². The minimum Gasteiger partial charge on any atom is -0.459 e. The van der Waals surface area contributed by atoms with Crippen molar-refractivity contribution < 1.29 is 9.53 Å². The van der Waals surface area contributed by atoms with E-state index in [1.54, 1.807) is 0 Å². The van der Waals surface area contributed by atoms with Crippen molar-refractivity contribution in [1.29, 1.82) is 0 Å². The molecule has 0 radical (unpaired) electrons. The molecule has 0 fully saturated rings. The first-order valence-electron chi connectivity index (χ1n) is 9.76. The van der Waals surface area contributed by atoms with Gasteiger partial charge in [0.25, 0.3) is 0 Å². The van der Waals surface area contributed by atoms with Gasteiger partial charge in [-0.1, -0.05) is 48.2 Å². The van der Waals surface area contributed by atoms with Crippen LogP contribution in [0.3, 0.4) is 0 Å². The van der Waals surface area contributed by atoms with Crippen molar-refractivity contribution in [3.8, 4) is 17.1 Å². The molecule has 0 aliphatic rings. The van der Waals surface area contributed by atoms with Gasteiger partial charge < -0.3 is 9.72 Å². The van der Waals surface area contributed by atoms with Crippen molar-refractivity contribution >= 4 is 28.6 Å². The molecule has 0 saturated carbocycles. The average Bonchev–Trinajstić information content (AvgIpc) is 3.29. The number of ether oxygens (including phenoxy) is 1. The summed E-state index contributed by atoms with van der Waals surface area (Å²) in [6.45, 7) is 7.64. The maximum Gasteiger partial charge on any atom is 0.316 e. The normalized spacial score (nSPS) is 11.7. The zero-order valence-corrected chi connectivity index (χ0v) is 18.3. The Morgan fingerprint density at radius 3 is 2.60 bits per heavy atom. The van der Waals surface area contributed by atoms with Gasteiger partial charge in [0.2, 0.25) is 0 Å². The van der Waals surface area contributed by atoms with Crippen molar-refractivity contribution in [3.05, 3.63) is 60.3 Å². The van der Waals surface area contributed by atoms with E-state index in [1.807, 2.05) is 67.9 Å². The lowest BCUT2D eigenvalue weighted by Crippen LogP contribution is -2.25. The Morgan fingerprint density at radius 1 is 1.10 bits per heavy atom. The predicted molar refractivity (Wildman–Crippen MR) is 120 cm³/mol. The molecule has 7 heteroatoms. The zero-order valence-electron chi connectivity index (χ0n) is 17.5. The highest BCUT2D eigenvalue weighted by Crippen LogP contribution is 2.33. The van der Waals surface area contributed by atoms with E-state index in [4.69, 9.17) is 4.74 Å². The average molecular weight is 421 g/mol. The summed E-state index contributed by atoms with van der Waals surface area (Å²) in [4.78, 5) is 15.6. The van der Waals surface area contributed by atoms with Gasteiger partial charge in [-0.15, -0.1) is 10.2 Å². The van der Waals surface area contributed by atoms with Crippen LogP contribution in [-0.4, -0.2) is 37.1 Å². The molecule has 2 heterocycles. The van der Waals surface area contributed by atoms with Gasteiger partial charge in [0.15, 0.2) is 11.0 Å². The van der Waals surface area contributed by atoms with Gasteiger partial charge >= 0.3 is 5.97 Å². The molecule has 0 unspecified atom stereocenters. The molecule has 154 valence electrons. The molecule has 1 N–H and O–H groups in total. The minimum atomic E-state index is -0.517. The number of esters is 1. The van der Waals surface area contributed by atoms with E-state index in [-0.39, 0.29) is 11.7 Å². The van der Waals surface area contributed by atoms with Crippen LogP contribution in [0.15, 0.2) is 59.9 Å². The Labute approximate surface area is 179 Å². The number of rotatable bonds is 5. The number of aromatic nitrogens is 4. The number of benzene rings is 2. The summed E-state index contributed by atoms with van der Waals surface area (Å²) in [6, 6.07) is 16.2. The van der Waals surface area contributed by atoms with Gasteiger partial charge in [-0.05, 0) is 45.4 Å². The van der Waals surface area contributed by atoms with Crippen LogP contribution in [0, 0.1) is 6.92 Å². The molecule has 2 aromatic heterocycles. The van der Waals surface area contributed by atoms with Gasteiger partial charge in [0.05, 0.1) is 11.4 Å². The quantitative estimate of drug-likeness (QED) is 0.357. The summed E-state index contributed by atoms with van der Waals surface area (Å²) in [7, 11) is 0. The zero-order chi connectivity index (χ0) is 21.3. The van der Waals surface area contributed by atoms with Crippen LogP contribution in [0.5, 0.6) is 0 Å². The first kappa shape index (κ1) is 20.2. The first-order chi connectivity index (χ1) is 14.3. The summed E-state index contributed by atoms with van der Waals surface area (Å²) >= 11 is 1.33. The van der Waals surface area contributed by atoms with Crippen LogP contribution >= 0.6 is 11.8 Å². The molecular formula is C23H24N4O2S. The molecule has 0 saturated heterocycles. The third-order valence-electron chi connectivity index (χ3n) is 4.56. The highest BCUT2D eigenvalue weighted by atomic mass is 32.2. The van der Waals surface area contributed by atoms with E-state index in [1.165, 1.54) is 11.8 Å². The Morgan fingerprint density at radius 2 is 1.83 bits per heavy atom. The van der Waals surface area contributed by atoms with Crippen LogP contribution in [-0.2, 0) is 9.53 Å². The molecule has 0 aliphatic heterocycles. The van der Waals surface area contributed by atoms with Gasteiger partial charge in [-0.3, -0.25) is 9.36 Å². The molecule has 4 aromatic rings. The lowest BCUT2D eigenvalue weighted by atomic mass is 10.1. The summed E-state index contributed by atoms with van der Waals surface area (Å²) < 4.78 is 7.46. The van der Waals surface area contributed by atoms with Crippen molar-refractivity contribution in [2.24, 2.45) is 0 Å². The number of carbonyl (C=O) groups is 1. The number of para-hydroxylation sites is 2. The number of carbonyl (C=O) groups excluding carboxylic acids is 1. The lowest BCUT2D eigenvalue weighted by molar-refractivity contribution is -0.151. The Bertz CT molecular complexity index is 1200. The Hall–Kier alpha value is -3.06. The van der Waals surface area contributed by atoms with Crippen LogP contribution in [0.1, 0.15) is 26.3 Å². The number of aryl methyl sites for hydroxylation is 1. The molecule has 30 heavy (non-hydrogen) atoms. The predicted octanol–water partition coefficient (Wildman–Crippen LogP) is 5.16. The number of thioether (sulfide) groups is 1. The largest absolute Gasteiger partial charge is 0.459 e. The van der Waals surface area contributed by atoms with E-state index >= 15 is 0 Å². The number of nitrogens with one attached hydrogen (secondary N) is 1. The maximum absolute atomic E-state index is 12.3. The van der Waals surface area contributed by atoms with E-state index in [2.05, 4.69) is 34.2 Å². The third kappa shape index (κ3) is 4.11.